The number of rotatable bonds is 8. The first kappa shape index (κ1) is 24.3. The van der Waals surface area contributed by atoms with E-state index in [1.165, 1.54) is 27.5 Å². The van der Waals surface area contributed by atoms with Gasteiger partial charge in [-0.2, -0.15) is 0 Å². The summed E-state index contributed by atoms with van der Waals surface area (Å²) in [6.45, 7) is 2.78. The van der Waals surface area contributed by atoms with Gasteiger partial charge in [-0.25, -0.2) is 9.97 Å². The molecule has 2 unspecified atom stereocenters. The smallest absolute Gasteiger partial charge is 0.316 e. The van der Waals surface area contributed by atoms with E-state index in [0.29, 0.717) is 19.2 Å². The molecule has 1 aromatic heterocycles. The lowest BCUT2D eigenvalue weighted by Gasteiger charge is -2.32. The van der Waals surface area contributed by atoms with Crippen molar-refractivity contribution in [2.45, 2.75) is 31.7 Å². The lowest BCUT2D eigenvalue weighted by atomic mass is 9.89. The molecule has 0 bridgehead atoms. The van der Waals surface area contributed by atoms with Gasteiger partial charge in [-0.15, -0.1) is 0 Å². The van der Waals surface area contributed by atoms with E-state index in [9.17, 15) is 0 Å². The zero-order valence-corrected chi connectivity index (χ0v) is 21.3. The molecule has 1 aliphatic rings. The molecule has 0 amide bonds. The minimum atomic E-state index is 0.0636. The fraction of sp³-hybridized carbons (Fsp3) is 0.212. The van der Waals surface area contributed by atoms with Crippen LogP contribution in [0.2, 0.25) is 0 Å². The van der Waals surface area contributed by atoms with E-state index in [2.05, 4.69) is 106 Å². The van der Waals surface area contributed by atoms with E-state index < -0.39 is 0 Å². The van der Waals surface area contributed by atoms with Crippen LogP contribution in [-0.4, -0.2) is 29.2 Å². The molecule has 1 fully saturated rings. The molecule has 5 nitrogen and oxygen atoms in total. The minimum Gasteiger partial charge on any atom is -0.459 e. The number of hydrogen-bond donors (Lipinski definition) is 1. The summed E-state index contributed by atoms with van der Waals surface area (Å²) in [5.41, 5.74) is 5.75. The van der Waals surface area contributed by atoms with Gasteiger partial charge in [0.05, 0.1) is 12.7 Å². The molecule has 4 aromatic carbocycles. The fourth-order valence-corrected chi connectivity index (χ4v) is 5.08. The molecule has 0 aliphatic carbocycles. The largest absolute Gasteiger partial charge is 0.459 e. The van der Waals surface area contributed by atoms with Crippen LogP contribution in [0.1, 0.15) is 29.0 Å². The van der Waals surface area contributed by atoms with Crippen LogP contribution < -0.4 is 10.1 Å². The third-order valence-electron chi connectivity index (χ3n) is 7.21. The van der Waals surface area contributed by atoms with E-state index >= 15 is 0 Å². The second-order valence-corrected chi connectivity index (χ2v) is 9.78. The molecule has 1 N–H and O–H groups in total. The number of benzene rings is 4. The molecule has 5 aromatic rings. The third kappa shape index (κ3) is 5.75. The van der Waals surface area contributed by atoms with Gasteiger partial charge in [-0.05, 0) is 57.6 Å². The summed E-state index contributed by atoms with van der Waals surface area (Å²) in [7, 11) is 0. The number of ether oxygens (including phenoxy) is 2. The van der Waals surface area contributed by atoms with Gasteiger partial charge in [0, 0.05) is 24.9 Å². The van der Waals surface area contributed by atoms with Crippen LogP contribution in [0.3, 0.4) is 0 Å². The Morgan fingerprint density at radius 2 is 1.42 bits per heavy atom. The predicted octanol–water partition coefficient (Wildman–Crippen LogP) is 6.54. The number of nitrogens with zero attached hydrogens (tertiary/aromatic N) is 2. The fourth-order valence-electron chi connectivity index (χ4n) is 5.08. The van der Waals surface area contributed by atoms with Crippen LogP contribution in [0.25, 0.3) is 21.9 Å². The van der Waals surface area contributed by atoms with Gasteiger partial charge in [0.1, 0.15) is 6.61 Å². The molecular formula is C33H31N3O2. The molecular weight excluding hydrogens is 470 g/mol. The Morgan fingerprint density at radius 3 is 2.24 bits per heavy atom. The van der Waals surface area contributed by atoms with Crippen molar-refractivity contribution in [3.8, 4) is 17.1 Å². The quantitative estimate of drug-likeness (QED) is 0.262. The molecule has 38 heavy (non-hydrogen) atoms. The van der Waals surface area contributed by atoms with Crippen LogP contribution in [0, 0.1) is 0 Å². The highest BCUT2D eigenvalue weighted by Crippen LogP contribution is 2.28. The van der Waals surface area contributed by atoms with Crippen molar-refractivity contribution in [1.82, 2.24) is 15.3 Å². The Hall–Kier alpha value is -4.06. The highest BCUT2D eigenvalue weighted by atomic mass is 16.5. The van der Waals surface area contributed by atoms with Crippen LogP contribution in [0.15, 0.2) is 109 Å². The summed E-state index contributed by atoms with van der Waals surface area (Å²) in [4.78, 5) is 9.02. The van der Waals surface area contributed by atoms with Gasteiger partial charge in [0.2, 0.25) is 0 Å². The van der Waals surface area contributed by atoms with E-state index in [4.69, 9.17) is 9.47 Å². The van der Waals surface area contributed by atoms with E-state index in [0.717, 1.165) is 30.6 Å². The highest BCUT2D eigenvalue weighted by Gasteiger charge is 2.28. The molecule has 5 heteroatoms. The van der Waals surface area contributed by atoms with Gasteiger partial charge in [0.25, 0.3) is 0 Å². The van der Waals surface area contributed by atoms with E-state index in [1.54, 1.807) is 0 Å². The first-order valence-corrected chi connectivity index (χ1v) is 13.2. The normalized spacial score (nSPS) is 17.4. The zero-order valence-electron chi connectivity index (χ0n) is 21.3. The third-order valence-corrected chi connectivity index (χ3v) is 7.21. The number of aromatic nitrogens is 2. The standard InChI is InChI=1S/C33H31N3O2/c1-2-6-26(7-3-1)28-13-10-24(11-14-28)22-38-33-35-19-30(20-36-33)31-16-17-34-21-32(31)37-23-25-12-15-27-8-4-5-9-29(27)18-25/h1-15,18-20,31-32,34H,16-17,21-23H2. The average molecular weight is 502 g/mol. The first-order chi connectivity index (χ1) is 18.8. The molecule has 1 aliphatic heterocycles. The predicted molar refractivity (Wildman–Crippen MR) is 151 cm³/mol. The SMILES string of the molecule is c1ccc(-c2ccc(COc3ncc(C4CCNCC4OCc4ccc5ccccc5c4)cn3)cc2)cc1. The lowest BCUT2D eigenvalue weighted by Crippen LogP contribution is -2.41. The van der Waals surface area contributed by atoms with Crippen molar-refractivity contribution in [2.75, 3.05) is 13.1 Å². The van der Waals surface area contributed by atoms with Crippen LogP contribution in [0.5, 0.6) is 6.01 Å². The van der Waals surface area contributed by atoms with Gasteiger partial charge in [-0.3, -0.25) is 0 Å². The summed E-state index contributed by atoms with van der Waals surface area (Å²) in [5, 5.41) is 5.96. The van der Waals surface area contributed by atoms with Crippen LogP contribution in [-0.2, 0) is 18.0 Å². The molecule has 0 radical (unpaired) electrons. The summed E-state index contributed by atoms with van der Waals surface area (Å²) >= 11 is 0. The van der Waals surface area contributed by atoms with Crippen molar-refractivity contribution in [1.29, 1.82) is 0 Å². The summed E-state index contributed by atoms with van der Waals surface area (Å²) < 4.78 is 12.3. The summed E-state index contributed by atoms with van der Waals surface area (Å²) in [5.74, 6) is 0.247. The maximum Gasteiger partial charge on any atom is 0.316 e. The second kappa shape index (κ2) is 11.5. The average Bonchev–Trinajstić information content (AvgIpc) is 3.00. The number of piperidine rings is 1. The van der Waals surface area contributed by atoms with Gasteiger partial charge >= 0.3 is 6.01 Å². The molecule has 2 atom stereocenters. The molecule has 2 heterocycles. The second-order valence-electron chi connectivity index (χ2n) is 9.78. The topological polar surface area (TPSA) is 56.3 Å². The Kier molecular flexibility index (Phi) is 7.38. The van der Waals surface area contributed by atoms with Crippen molar-refractivity contribution in [3.63, 3.8) is 0 Å². The van der Waals surface area contributed by atoms with Crippen molar-refractivity contribution < 1.29 is 9.47 Å². The molecule has 190 valence electrons. The molecule has 0 saturated carbocycles. The van der Waals surface area contributed by atoms with Crippen LogP contribution >= 0.6 is 0 Å². The Morgan fingerprint density at radius 1 is 0.711 bits per heavy atom. The summed E-state index contributed by atoms with van der Waals surface area (Å²) in [6, 6.07) is 34.1. The zero-order chi connectivity index (χ0) is 25.6. The van der Waals surface area contributed by atoms with Crippen molar-refractivity contribution in [2.24, 2.45) is 0 Å². The molecule has 6 rings (SSSR count). The molecule has 1 saturated heterocycles. The summed E-state index contributed by atoms with van der Waals surface area (Å²) in [6.07, 6.45) is 4.83. The van der Waals surface area contributed by atoms with Crippen molar-refractivity contribution >= 4 is 10.8 Å². The van der Waals surface area contributed by atoms with E-state index in [-0.39, 0.29) is 12.0 Å². The maximum absolute atomic E-state index is 6.41. The van der Waals surface area contributed by atoms with Crippen molar-refractivity contribution in [3.05, 3.63) is 126 Å². The highest BCUT2D eigenvalue weighted by molar-refractivity contribution is 5.82. The van der Waals surface area contributed by atoms with Gasteiger partial charge in [-0.1, -0.05) is 91.0 Å². The first-order valence-electron chi connectivity index (χ1n) is 13.2. The minimum absolute atomic E-state index is 0.0636. The number of hydrogen-bond acceptors (Lipinski definition) is 5. The van der Waals surface area contributed by atoms with Crippen LogP contribution in [0.4, 0.5) is 0 Å². The molecule has 0 spiro atoms. The monoisotopic (exact) mass is 501 g/mol. The van der Waals surface area contributed by atoms with Gasteiger partial charge < -0.3 is 14.8 Å². The maximum atomic E-state index is 6.41. The Labute approximate surface area is 223 Å². The Bertz CT molecular complexity index is 1470. The van der Waals surface area contributed by atoms with E-state index in [1.807, 2.05) is 18.5 Å². The van der Waals surface area contributed by atoms with Gasteiger partial charge in [0.15, 0.2) is 0 Å². The Balaban J connectivity index is 1.06. The number of fused-ring (bicyclic) bond motifs is 1. The number of nitrogens with one attached hydrogen (secondary N) is 1. The lowest BCUT2D eigenvalue weighted by molar-refractivity contribution is 0.0105.